The lowest BCUT2D eigenvalue weighted by atomic mass is 10.0. The summed E-state index contributed by atoms with van der Waals surface area (Å²) in [6.07, 6.45) is 7.39. The molecule has 0 bridgehead atoms. The van der Waals surface area contributed by atoms with E-state index in [0.29, 0.717) is 16.5 Å². The van der Waals surface area contributed by atoms with Crippen LogP contribution in [0.1, 0.15) is 23.5 Å². The number of carbonyl (C=O) groups excluding carboxylic acids is 1. The van der Waals surface area contributed by atoms with Crippen LogP contribution >= 0.6 is 12.2 Å². The first-order chi connectivity index (χ1) is 19.7. The van der Waals surface area contributed by atoms with Crippen molar-refractivity contribution < 1.29 is 9.53 Å². The molecule has 40 heavy (non-hydrogen) atoms. The minimum absolute atomic E-state index is 0.0777. The Balaban J connectivity index is 1.27. The van der Waals surface area contributed by atoms with E-state index in [-0.39, 0.29) is 24.6 Å². The fourth-order valence-electron chi connectivity index (χ4n) is 4.88. The van der Waals surface area contributed by atoms with Gasteiger partial charge in [0.2, 0.25) is 0 Å². The molecule has 0 radical (unpaired) electrons. The molecule has 2 N–H and O–H groups in total. The van der Waals surface area contributed by atoms with Crippen LogP contribution in [0.3, 0.4) is 0 Å². The minimum atomic E-state index is -0.238. The smallest absolute Gasteiger partial charge is 0.262 e. The molecule has 8 nitrogen and oxygen atoms in total. The van der Waals surface area contributed by atoms with Crippen LogP contribution < -0.4 is 20.3 Å². The van der Waals surface area contributed by atoms with Crippen LogP contribution in [0.15, 0.2) is 122 Å². The SMILES string of the molecule is O=C(COc1ccccc1)Nc1ccc(N2C(=S)N[C@H](c3ccccn3)[C@@H]2c2cccn2-c2ccncc2)cc1. The first-order valence-electron chi connectivity index (χ1n) is 12.8. The molecule has 1 aliphatic rings. The Morgan fingerprint density at radius 3 is 2.40 bits per heavy atom. The van der Waals surface area contributed by atoms with Gasteiger partial charge in [-0.15, -0.1) is 0 Å². The number of nitrogens with zero attached hydrogens (tertiary/aromatic N) is 4. The number of thiocarbonyl (C=S) groups is 1. The van der Waals surface area contributed by atoms with E-state index in [2.05, 4.69) is 36.1 Å². The highest BCUT2D eigenvalue weighted by Gasteiger charge is 2.42. The lowest BCUT2D eigenvalue weighted by Crippen LogP contribution is -2.30. The summed E-state index contributed by atoms with van der Waals surface area (Å²) >= 11 is 5.88. The second kappa shape index (κ2) is 11.4. The van der Waals surface area contributed by atoms with Gasteiger partial charge in [0.05, 0.1) is 11.7 Å². The zero-order valence-corrected chi connectivity index (χ0v) is 22.2. The van der Waals surface area contributed by atoms with Crippen LogP contribution in [-0.4, -0.2) is 32.2 Å². The summed E-state index contributed by atoms with van der Waals surface area (Å²) in [4.78, 5) is 23.4. The van der Waals surface area contributed by atoms with Gasteiger partial charge in [-0.25, -0.2) is 0 Å². The van der Waals surface area contributed by atoms with E-state index in [9.17, 15) is 4.79 Å². The molecule has 198 valence electrons. The predicted octanol–water partition coefficient (Wildman–Crippen LogP) is 5.46. The molecule has 4 heterocycles. The number of anilines is 2. The van der Waals surface area contributed by atoms with Crippen molar-refractivity contribution in [2.75, 3.05) is 16.8 Å². The van der Waals surface area contributed by atoms with E-state index < -0.39 is 0 Å². The highest BCUT2D eigenvalue weighted by atomic mass is 32.1. The monoisotopic (exact) mass is 546 g/mol. The molecule has 0 spiro atoms. The molecule has 1 amide bonds. The standard InChI is InChI=1S/C31H26N6O2S/c38-28(21-39-25-7-2-1-3-8-25)34-22-11-13-24(14-12-22)37-30(29(35-31(37)40)26-9-4-5-17-33-26)27-10-6-20-36(27)23-15-18-32-19-16-23/h1-20,29-30H,21H2,(H,34,38)(H,35,40)/t29-,30+/m1/s1. The Labute approximate surface area is 237 Å². The Bertz CT molecular complexity index is 1590. The average molecular weight is 547 g/mol. The average Bonchev–Trinajstić information content (AvgIpc) is 3.62. The molecule has 1 fully saturated rings. The summed E-state index contributed by atoms with van der Waals surface area (Å²) in [6, 6.07) is 30.5. The molecule has 1 saturated heterocycles. The summed E-state index contributed by atoms with van der Waals surface area (Å²) in [5.41, 5.74) is 4.50. The predicted molar refractivity (Wildman–Crippen MR) is 159 cm³/mol. The summed E-state index contributed by atoms with van der Waals surface area (Å²) in [5.74, 6) is 0.409. The molecule has 0 unspecified atom stereocenters. The fraction of sp³-hybridized carbons (Fsp3) is 0.0968. The van der Waals surface area contributed by atoms with Crippen LogP contribution in [0.4, 0.5) is 11.4 Å². The second-order valence-electron chi connectivity index (χ2n) is 9.20. The summed E-state index contributed by atoms with van der Waals surface area (Å²) in [7, 11) is 0. The van der Waals surface area contributed by atoms with Crippen LogP contribution in [-0.2, 0) is 4.79 Å². The van der Waals surface area contributed by atoms with E-state index in [1.165, 1.54) is 0 Å². The van der Waals surface area contributed by atoms with Gasteiger partial charge in [0, 0.05) is 47.5 Å². The van der Waals surface area contributed by atoms with Gasteiger partial charge in [0.15, 0.2) is 11.7 Å². The van der Waals surface area contributed by atoms with Gasteiger partial charge in [0.1, 0.15) is 11.8 Å². The Morgan fingerprint density at radius 2 is 1.65 bits per heavy atom. The van der Waals surface area contributed by atoms with Crippen molar-refractivity contribution >= 4 is 34.6 Å². The largest absolute Gasteiger partial charge is 0.484 e. The molecule has 6 rings (SSSR count). The quantitative estimate of drug-likeness (QED) is 0.250. The molecule has 2 atom stereocenters. The Kier molecular flexibility index (Phi) is 7.19. The first-order valence-corrected chi connectivity index (χ1v) is 13.2. The Hall–Kier alpha value is -5.02. The van der Waals surface area contributed by atoms with Gasteiger partial charge in [-0.3, -0.25) is 14.8 Å². The zero-order chi connectivity index (χ0) is 27.3. The van der Waals surface area contributed by atoms with Crippen molar-refractivity contribution in [3.05, 3.63) is 133 Å². The zero-order valence-electron chi connectivity index (χ0n) is 21.4. The fourth-order valence-corrected chi connectivity index (χ4v) is 5.22. The van der Waals surface area contributed by atoms with Crippen LogP contribution in [0.2, 0.25) is 0 Å². The first kappa shape index (κ1) is 25.3. The number of pyridine rings is 2. The maximum atomic E-state index is 12.5. The number of para-hydroxylation sites is 1. The van der Waals surface area contributed by atoms with Gasteiger partial charge in [-0.1, -0.05) is 24.3 Å². The number of nitrogens with one attached hydrogen (secondary N) is 2. The normalized spacial score (nSPS) is 16.4. The van der Waals surface area contributed by atoms with Crippen molar-refractivity contribution in [2.24, 2.45) is 0 Å². The van der Waals surface area contributed by atoms with Crippen molar-refractivity contribution in [1.29, 1.82) is 0 Å². The van der Waals surface area contributed by atoms with Crippen molar-refractivity contribution in [2.45, 2.75) is 12.1 Å². The van der Waals surface area contributed by atoms with E-state index in [1.807, 2.05) is 97.2 Å². The number of carbonyl (C=O) groups is 1. The summed E-state index contributed by atoms with van der Waals surface area (Å²) in [6.45, 7) is -0.0777. The third-order valence-electron chi connectivity index (χ3n) is 6.66. The van der Waals surface area contributed by atoms with Gasteiger partial charge in [0.25, 0.3) is 5.91 Å². The highest BCUT2D eigenvalue weighted by Crippen LogP contribution is 2.42. The van der Waals surface area contributed by atoms with E-state index >= 15 is 0 Å². The molecular formula is C31H26N6O2S. The van der Waals surface area contributed by atoms with Crippen molar-refractivity contribution in [3.8, 4) is 11.4 Å². The van der Waals surface area contributed by atoms with E-state index in [4.69, 9.17) is 17.0 Å². The molecule has 1 aliphatic heterocycles. The number of aromatic nitrogens is 3. The number of amides is 1. The topological polar surface area (TPSA) is 84.3 Å². The van der Waals surface area contributed by atoms with Gasteiger partial charge < -0.3 is 24.8 Å². The number of benzene rings is 2. The van der Waals surface area contributed by atoms with Gasteiger partial charge in [-0.2, -0.15) is 0 Å². The number of hydrogen-bond acceptors (Lipinski definition) is 5. The molecular weight excluding hydrogens is 520 g/mol. The third-order valence-corrected chi connectivity index (χ3v) is 6.98. The summed E-state index contributed by atoms with van der Waals surface area (Å²) in [5, 5.41) is 6.99. The molecule has 9 heteroatoms. The van der Waals surface area contributed by atoms with Crippen LogP contribution in [0.25, 0.3) is 5.69 Å². The molecule has 5 aromatic rings. The van der Waals surface area contributed by atoms with Crippen molar-refractivity contribution in [1.82, 2.24) is 19.9 Å². The number of rotatable bonds is 8. The van der Waals surface area contributed by atoms with E-state index in [1.54, 1.807) is 18.6 Å². The maximum Gasteiger partial charge on any atom is 0.262 e. The molecule has 2 aromatic carbocycles. The maximum absolute atomic E-state index is 12.5. The van der Waals surface area contributed by atoms with Gasteiger partial charge >= 0.3 is 0 Å². The van der Waals surface area contributed by atoms with E-state index in [0.717, 1.165) is 22.8 Å². The summed E-state index contributed by atoms with van der Waals surface area (Å²) < 4.78 is 7.70. The minimum Gasteiger partial charge on any atom is -0.484 e. The third kappa shape index (κ3) is 5.27. The number of hydrogen-bond donors (Lipinski definition) is 2. The lowest BCUT2D eigenvalue weighted by Gasteiger charge is -2.29. The number of ether oxygens (including phenoxy) is 1. The molecule has 0 aliphatic carbocycles. The second-order valence-corrected chi connectivity index (χ2v) is 9.59. The van der Waals surface area contributed by atoms with Crippen LogP contribution in [0, 0.1) is 0 Å². The van der Waals surface area contributed by atoms with Crippen LogP contribution in [0.5, 0.6) is 5.75 Å². The lowest BCUT2D eigenvalue weighted by molar-refractivity contribution is -0.118. The molecule has 0 saturated carbocycles. The van der Waals surface area contributed by atoms with Gasteiger partial charge in [-0.05, 0) is 85.0 Å². The van der Waals surface area contributed by atoms with Crippen molar-refractivity contribution in [3.63, 3.8) is 0 Å². The highest BCUT2D eigenvalue weighted by molar-refractivity contribution is 7.80. The Morgan fingerprint density at radius 1 is 0.875 bits per heavy atom. The molecule has 3 aromatic heterocycles.